The summed E-state index contributed by atoms with van der Waals surface area (Å²) < 4.78 is 7.75. The minimum absolute atomic E-state index is 0.0625. The van der Waals surface area contributed by atoms with Gasteiger partial charge in [0.2, 0.25) is 0 Å². The SMILES string of the molecule is CCC(CC)n1ccc(CC(N)c2c(C)oc(C)c2C)n1. The molecule has 1 unspecified atom stereocenters. The zero-order chi connectivity index (χ0) is 15.6. The lowest BCUT2D eigenvalue weighted by atomic mass is 9.99. The molecule has 0 fully saturated rings. The summed E-state index contributed by atoms with van der Waals surface area (Å²) in [7, 11) is 0. The summed E-state index contributed by atoms with van der Waals surface area (Å²) in [4.78, 5) is 0. The van der Waals surface area contributed by atoms with E-state index in [0.29, 0.717) is 6.04 Å². The molecule has 21 heavy (non-hydrogen) atoms. The quantitative estimate of drug-likeness (QED) is 0.874. The van der Waals surface area contributed by atoms with Crippen LogP contribution in [0.15, 0.2) is 16.7 Å². The number of hydrogen-bond acceptors (Lipinski definition) is 3. The summed E-state index contributed by atoms with van der Waals surface area (Å²) in [6.45, 7) is 10.4. The molecule has 2 rings (SSSR count). The van der Waals surface area contributed by atoms with E-state index in [1.807, 2.05) is 13.8 Å². The first-order chi connectivity index (χ1) is 9.97. The highest BCUT2D eigenvalue weighted by Gasteiger charge is 2.19. The van der Waals surface area contributed by atoms with E-state index in [4.69, 9.17) is 10.2 Å². The van der Waals surface area contributed by atoms with E-state index >= 15 is 0 Å². The molecule has 0 amide bonds. The molecule has 0 aliphatic heterocycles. The van der Waals surface area contributed by atoms with E-state index in [0.717, 1.165) is 42.0 Å². The molecule has 0 bridgehead atoms. The van der Waals surface area contributed by atoms with Gasteiger partial charge < -0.3 is 10.2 Å². The third-order valence-corrected chi connectivity index (χ3v) is 4.40. The van der Waals surface area contributed by atoms with Crippen molar-refractivity contribution in [3.05, 3.63) is 40.6 Å². The molecule has 0 aliphatic carbocycles. The number of furan rings is 1. The van der Waals surface area contributed by atoms with Crippen LogP contribution in [0, 0.1) is 20.8 Å². The Balaban J connectivity index is 2.14. The molecule has 1 atom stereocenters. The van der Waals surface area contributed by atoms with Gasteiger partial charge in [-0.3, -0.25) is 4.68 Å². The lowest BCUT2D eigenvalue weighted by Crippen LogP contribution is -2.16. The molecule has 0 aromatic carbocycles. The van der Waals surface area contributed by atoms with Crippen molar-refractivity contribution in [2.45, 2.75) is 66.0 Å². The molecule has 0 radical (unpaired) electrons. The Morgan fingerprint density at radius 3 is 2.38 bits per heavy atom. The van der Waals surface area contributed by atoms with Gasteiger partial charge in [0.25, 0.3) is 0 Å². The minimum Gasteiger partial charge on any atom is -0.466 e. The molecule has 2 N–H and O–H groups in total. The Hall–Kier alpha value is -1.55. The molecular weight excluding hydrogens is 262 g/mol. The summed E-state index contributed by atoms with van der Waals surface area (Å²) in [5.41, 5.74) is 9.73. The Morgan fingerprint density at radius 2 is 1.86 bits per heavy atom. The molecule has 2 aromatic rings. The van der Waals surface area contributed by atoms with Gasteiger partial charge in [-0.15, -0.1) is 0 Å². The number of nitrogens with zero attached hydrogens (tertiary/aromatic N) is 2. The van der Waals surface area contributed by atoms with E-state index in [-0.39, 0.29) is 6.04 Å². The minimum atomic E-state index is -0.0625. The van der Waals surface area contributed by atoms with Crippen molar-refractivity contribution >= 4 is 0 Å². The van der Waals surface area contributed by atoms with Crippen LogP contribution >= 0.6 is 0 Å². The van der Waals surface area contributed by atoms with Gasteiger partial charge in [0.15, 0.2) is 0 Å². The van der Waals surface area contributed by atoms with Crippen LogP contribution in [-0.2, 0) is 6.42 Å². The zero-order valence-corrected chi connectivity index (χ0v) is 13.8. The summed E-state index contributed by atoms with van der Waals surface area (Å²) in [6, 6.07) is 2.50. The van der Waals surface area contributed by atoms with Gasteiger partial charge in [0.05, 0.1) is 11.7 Å². The largest absolute Gasteiger partial charge is 0.466 e. The Bertz CT molecular complexity index is 593. The van der Waals surface area contributed by atoms with Crippen LogP contribution in [0.4, 0.5) is 0 Å². The zero-order valence-electron chi connectivity index (χ0n) is 13.8. The maximum atomic E-state index is 6.38. The highest BCUT2D eigenvalue weighted by molar-refractivity contribution is 5.34. The number of aromatic nitrogens is 2. The molecule has 2 aromatic heterocycles. The summed E-state index contributed by atoms with van der Waals surface area (Å²) in [5, 5.41) is 4.69. The third-order valence-electron chi connectivity index (χ3n) is 4.40. The fourth-order valence-corrected chi connectivity index (χ4v) is 3.03. The second-order valence-corrected chi connectivity index (χ2v) is 5.82. The number of aryl methyl sites for hydroxylation is 2. The second kappa shape index (κ2) is 6.48. The fourth-order valence-electron chi connectivity index (χ4n) is 3.03. The van der Waals surface area contributed by atoms with Gasteiger partial charge in [-0.25, -0.2) is 0 Å². The van der Waals surface area contributed by atoms with Crippen LogP contribution in [0.3, 0.4) is 0 Å². The van der Waals surface area contributed by atoms with Gasteiger partial charge in [0, 0.05) is 24.2 Å². The van der Waals surface area contributed by atoms with Crippen LogP contribution in [0.2, 0.25) is 0 Å². The first-order valence-corrected chi connectivity index (χ1v) is 7.83. The maximum absolute atomic E-state index is 6.38. The smallest absolute Gasteiger partial charge is 0.106 e. The highest BCUT2D eigenvalue weighted by atomic mass is 16.3. The van der Waals surface area contributed by atoms with E-state index in [1.54, 1.807) is 0 Å². The summed E-state index contributed by atoms with van der Waals surface area (Å²) in [5.74, 6) is 1.89. The van der Waals surface area contributed by atoms with Gasteiger partial charge in [-0.05, 0) is 45.2 Å². The van der Waals surface area contributed by atoms with Crippen LogP contribution < -0.4 is 5.73 Å². The van der Waals surface area contributed by atoms with Crippen molar-refractivity contribution in [3.63, 3.8) is 0 Å². The number of nitrogens with two attached hydrogens (primary N) is 1. The third kappa shape index (κ3) is 3.21. The van der Waals surface area contributed by atoms with Crippen molar-refractivity contribution in [2.24, 2.45) is 5.73 Å². The monoisotopic (exact) mass is 289 g/mol. The van der Waals surface area contributed by atoms with Crippen molar-refractivity contribution < 1.29 is 4.42 Å². The topological polar surface area (TPSA) is 57.0 Å². The van der Waals surface area contributed by atoms with E-state index in [9.17, 15) is 0 Å². The molecule has 2 heterocycles. The van der Waals surface area contributed by atoms with E-state index < -0.39 is 0 Å². The maximum Gasteiger partial charge on any atom is 0.106 e. The Kier molecular flexibility index (Phi) is 4.88. The van der Waals surface area contributed by atoms with Crippen molar-refractivity contribution in [1.82, 2.24) is 9.78 Å². The predicted molar refractivity (Wildman–Crippen MR) is 85.4 cm³/mol. The predicted octanol–water partition coefficient (Wildman–Crippen LogP) is 4.00. The molecule has 0 saturated carbocycles. The molecular formula is C17H27N3O. The standard InChI is InChI=1S/C17H27N3O/c1-6-15(7-2)20-9-8-14(19-20)10-16(18)17-11(3)12(4)21-13(17)5/h8-9,15-16H,6-7,10,18H2,1-5H3. The number of rotatable bonds is 6. The Labute approximate surface area is 127 Å². The Morgan fingerprint density at radius 1 is 1.19 bits per heavy atom. The van der Waals surface area contributed by atoms with Gasteiger partial charge in [0.1, 0.15) is 11.5 Å². The molecule has 4 nitrogen and oxygen atoms in total. The average molecular weight is 289 g/mol. The van der Waals surface area contributed by atoms with Crippen molar-refractivity contribution in [1.29, 1.82) is 0 Å². The van der Waals surface area contributed by atoms with Gasteiger partial charge >= 0.3 is 0 Å². The first-order valence-electron chi connectivity index (χ1n) is 7.83. The van der Waals surface area contributed by atoms with Crippen molar-refractivity contribution in [2.75, 3.05) is 0 Å². The summed E-state index contributed by atoms with van der Waals surface area (Å²) in [6.07, 6.45) is 5.01. The van der Waals surface area contributed by atoms with Crippen LogP contribution in [0.1, 0.15) is 67.1 Å². The van der Waals surface area contributed by atoms with E-state index in [2.05, 4.69) is 42.8 Å². The molecule has 4 heteroatoms. The van der Waals surface area contributed by atoms with Gasteiger partial charge in [-0.1, -0.05) is 13.8 Å². The average Bonchev–Trinajstić information content (AvgIpc) is 2.97. The van der Waals surface area contributed by atoms with Crippen LogP contribution in [0.25, 0.3) is 0 Å². The normalized spacial score (nSPS) is 13.1. The fraction of sp³-hybridized carbons (Fsp3) is 0.588. The number of hydrogen-bond donors (Lipinski definition) is 1. The molecule has 0 aliphatic rings. The summed E-state index contributed by atoms with van der Waals surface area (Å²) >= 11 is 0. The highest BCUT2D eigenvalue weighted by Crippen LogP contribution is 2.27. The van der Waals surface area contributed by atoms with Gasteiger partial charge in [-0.2, -0.15) is 5.10 Å². The lowest BCUT2D eigenvalue weighted by Gasteiger charge is -2.13. The van der Waals surface area contributed by atoms with Crippen LogP contribution in [-0.4, -0.2) is 9.78 Å². The van der Waals surface area contributed by atoms with Crippen LogP contribution in [0.5, 0.6) is 0 Å². The van der Waals surface area contributed by atoms with E-state index in [1.165, 1.54) is 5.56 Å². The van der Waals surface area contributed by atoms with Crippen molar-refractivity contribution in [3.8, 4) is 0 Å². The molecule has 0 saturated heterocycles. The second-order valence-electron chi connectivity index (χ2n) is 5.82. The lowest BCUT2D eigenvalue weighted by molar-refractivity contribution is 0.424. The molecule has 0 spiro atoms. The first kappa shape index (κ1) is 15.8. The molecule has 116 valence electrons.